The fourth-order valence-electron chi connectivity index (χ4n) is 1.69. The first-order valence-corrected chi connectivity index (χ1v) is 4.96. The van der Waals surface area contributed by atoms with Crippen LogP contribution in [0.15, 0.2) is 0 Å². The van der Waals surface area contributed by atoms with E-state index in [4.69, 9.17) is 4.74 Å². The Bertz CT molecular complexity index is 292. The molecule has 0 spiro atoms. The molecule has 2 atom stereocenters. The molecule has 1 N–H and O–H groups in total. The van der Waals surface area contributed by atoms with Gasteiger partial charge in [0.05, 0.1) is 6.10 Å². The fourth-order valence-corrected chi connectivity index (χ4v) is 1.69. The van der Waals surface area contributed by atoms with Crippen LogP contribution >= 0.6 is 0 Å². The molecule has 1 saturated carbocycles. The Morgan fingerprint density at radius 1 is 1.24 bits per heavy atom. The van der Waals surface area contributed by atoms with E-state index in [1.54, 1.807) is 5.32 Å². The Kier molecular flexibility index (Phi) is 3.95. The smallest absolute Gasteiger partial charge is 0.381 e. The Morgan fingerprint density at radius 3 is 2.24 bits per heavy atom. The highest BCUT2D eigenvalue weighted by Gasteiger charge is 2.63. The Balaban J connectivity index is 2.56. The molecule has 1 aliphatic carbocycles. The zero-order valence-corrected chi connectivity index (χ0v) is 8.98. The molecule has 1 amide bonds. The van der Waals surface area contributed by atoms with Crippen molar-refractivity contribution in [1.29, 1.82) is 0 Å². The first-order chi connectivity index (χ1) is 7.68. The van der Waals surface area contributed by atoms with Crippen molar-refractivity contribution < 1.29 is 31.5 Å². The summed E-state index contributed by atoms with van der Waals surface area (Å²) >= 11 is 0. The standard InChI is InChI=1S/C9H12F5NO2/c1-17-6-3-2-5(4-6)15-7(16)8(10,11)9(12,13)14/h5-6H,2-4H2,1H3,(H,15,16). The molecule has 1 rings (SSSR count). The monoisotopic (exact) mass is 261 g/mol. The van der Waals surface area contributed by atoms with E-state index in [1.165, 1.54) is 7.11 Å². The number of rotatable bonds is 3. The summed E-state index contributed by atoms with van der Waals surface area (Å²) in [7, 11) is 1.42. The van der Waals surface area contributed by atoms with Gasteiger partial charge >= 0.3 is 18.0 Å². The van der Waals surface area contributed by atoms with Gasteiger partial charge in [-0.1, -0.05) is 0 Å². The van der Waals surface area contributed by atoms with Gasteiger partial charge in [0.1, 0.15) is 0 Å². The Hall–Kier alpha value is -0.920. The lowest BCUT2D eigenvalue weighted by atomic mass is 10.2. The van der Waals surface area contributed by atoms with Crippen LogP contribution in [0.2, 0.25) is 0 Å². The second kappa shape index (κ2) is 4.75. The van der Waals surface area contributed by atoms with Crippen molar-refractivity contribution in [3.05, 3.63) is 0 Å². The molecule has 1 fully saturated rings. The van der Waals surface area contributed by atoms with Crippen LogP contribution in [0.4, 0.5) is 22.0 Å². The van der Waals surface area contributed by atoms with Crippen LogP contribution in [-0.2, 0) is 9.53 Å². The van der Waals surface area contributed by atoms with E-state index in [0.29, 0.717) is 12.8 Å². The quantitative estimate of drug-likeness (QED) is 0.787. The minimum Gasteiger partial charge on any atom is -0.381 e. The first-order valence-electron chi connectivity index (χ1n) is 4.96. The highest BCUT2D eigenvalue weighted by Crippen LogP contribution is 2.36. The molecule has 0 aromatic carbocycles. The first kappa shape index (κ1) is 14.1. The van der Waals surface area contributed by atoms with Crippen molar-refractivity contribution in [2.75, 3.05) is 7.11 Å². The normalized spacial score (nSPS) is 26.0. The molecule has 8 heteroatoms. The summed E-state index contributed by atoms with van der Waals surface area (Å²) < 4.78 is 65.7. The molecule has 0 aliphatic heterocycles. The highest BCUT2D eigenvalue weighted by atomic mass is 19.4. The Morgan fingerprint density at radius 2 is 1.82 bits per heavy atom. The lowest BCUT2D eigenvalue weighted by Crippen LogP contribution is -2.52. The lowest BCUT2D eigenvalue weighted by molar-refractivity contribution is -0.270. The van der Waals surface area contributed by atoms with Crippen LogP contribution in [0.5, 0.6) is 0 Å². The molecule has 17 heavy (non-hydrogen) atoms. The van der Waals surface area contributed by atoms with E-state index in [9.17, 15) is 26.7 Å². The molecule has 0 heterocycles. The largest absolute Gasteiger partial charge is 0.463 e. The summed E-state index contributed by atoms with van der Waals surface area (Å²) in [6.45, 7) is 0. The molecule has 0 radical (unpaired) electrons. The summed E-state index contributed by atoms with van der Waals surface area (Å²) in [6.07, 6.45) is -4.97. The van der Waals surface area contributed by atoms with Gasteiger partial charge in [0.2, 0.25) is 0 Å². The van der Waals surface area contributed by atoms with Gasteiger partial charge in [-0.15, -0.1) is 0 Å². The van der Waals surface area contributed by atoms with E-state index in [1.807, 2.05) is 0 Å². The average molecular weight is 261 g/mol. The number of carbonyl (C=O) groups excluding carboxylic acids is 1. The minimum atomic E-state index is -5.86. The van der Waals surface area contributed by atoms with Gasteiger partial charge in [-0.25, -0.2) is 0 Å². The average Bonchev–Trinajstić information content (AvgIpc) is 2.63. The second-order valence-corrected chi connectivity index (χ2v) is 3.91. The molecule has 1 aliphatic rings. The van der Waals surface area contributed by atoms with E-state index >= 15 is 0 Å². The number of hydrogen-bond acceptors (Lipinski definition) is 2. The molecule has 0 bridgehead atoms. The maximum atomic E-state index is 12.6. The molecule has 3 nitrogen and oxygen atoms in total. The molecular formula is C9H12F5NO2. The van der Waals surface area contributed by atoms with Gasteiger partial charge in [-0.3, -0.25) is 4.79 Å². The van der Waals surface area contributed by atoms with Crippen LogP contribution in [-0.4, -0.2) is 37.3 Å². The van der Waals surface area contributed by atoms with E-state index in [2.05, 4.69) is 0 Å². The predicted molar refractivity (Wildman–Crippen MR) is 47.6 cm³/mol. The van der Waals surface area contributed by atoms with Crippen molar-refractivity contribution >= 4 is 5.91 Å². The summed E-state index contributed by atoms with van der Waals surface area (Å²) in [4.78, 5) is 10.8. The van der Waals surface area contributed by atoms with E-state index < -0.39 is 24.0 Å². The molecule has 2 unspecified atom stereocenters. The van der Waals surface area contributed by atoms with Gasteiger partial charge in [-0.05, 0) is 19.3 Å². The number of halogens is 5. The van der Waals surface area contributed by atoms with Crippen molar-refractivity contribution in [1.82, 2.24) is 5.32 Å². The third kappa shape index (κ3) is 3.05. The van der Waals surface area contributed by atoms with Crippen molar-refractivity contribution in [2.24, 2.45) is 0 Å². The number of carbonyl (C=O) groups is 1. The number of amides is 1. The SMILES string of the molecule is COC1CCC(NC(=O)C(F)(F)C(F)(F)F)C1. The van der Waals surface area contributed by atoms with Crippen LogP contribution in [0.1, 0.15) is 19.3 Å². The van der Waals surface area contributed by atoms with E-state index in [-0.39, 0.29) is 12.5 Å². The number of hydrogen-bond donors (Lipinski definition) is 1. The van der Waals surface area contributed by atoms with Crippen LogP contribution in [0.3, 0.4) is 0 Å². The number of ether oxygens (including phenoxy) is 1. The summed E-state index contributed by atoms with van der Waals surface area (Å²) in [5.41, 5.74) is 0. The molecular weight excluding hydrogens is 249 g/mol. The van der Waals surface area contributed by atoms with Gasteiger partial charge in [0.15, 0.2) is 0 Å². The van der Waals surface area contributed by atoms with Gasteiger partial charge in [-0.2, -0.15) is 22.0 Å². The van der Waals surface area contributed by atoms with Gasteiger partial charge < -0.3 is 10.1 Å². The zero-order valence-electron chi connectivity index (χ0n) is 8.98. The number of nitrogens with one attached hydrogen (secondary N) is 1. The van der Waals surface area contributed by atoms with Gasteiger partial charge in [0, 0.05) is 13.2 Å². The van der Waals surface area contributed by atoms with E-state index in [0.717, 1.165) is 0 Å². The number of alkyl halides is 5. The molecule has 0 aromatic heterocycles. The van der Waals surface area contributed by atoms with Crippen LogP contribution in [0.25, 0.3) is 0 Å². The lowest BCUT2D eigenvalue weighted by Gasteiger charge is -2.21. The van der Waals surface area contributed by atoms with Crippen molar-refractivity contribution in [3.63, 3.8) is 0 Å². The zero-order chi connectivity index (χ0) is 13.3. The maximum absolute atomic E-state index is 12.6. The Labute approximate surface area is 94.3 Å². The number of methoxy groups -OCH3 is 1. The topological polar surface area (TPSA) is 38.3 Å². The van der Waals surface area contributed by atoms with Crippen LogP contribution < -0.4 is 5.32 Å². The van der Waals surface area contributed by atoms with Crippen molar-refractivity contribution in [2.45, 2.75) is 43.5 Å². The third-order valence-electron chi connectivity index (χ3n) is 2.69. The van der Waals surface area contributed by atoms with Crippen molar-refractivity contribution in [3.8, 4) is 0 Å². The maximum Gasteiger partial charge on any atom is 0.463 e. The highest BCUT2D eigenvalue weighted by molar-refractivity contribution is 5.84. The third-order valence-corrected chi connectivity index (χ3v) is 2.69. The molecule has 0 saturated heterocycles. The summed E-state index contributed by atoms with van der Waals surface area (Å²) in [6, 6.07) is -0.694. The fraction of sp³-hybridized carbons (Fsp3) is 0.889. The summed E-state index contributed by atoms with van der Waals surface area (Å²) in [5, 5.41) is 1.70. The predicted octanol–water partition coefficient (Wildman–Crippen LogP) is 1.87. The molecule has 100 valence electrons. The van der Waals surface area contributed by atoms with Crippen LogP contribution in [0, 0.1) is 0 Å². The second-order valence-electron chi connectivity index (χ2n) is 3.91. The summed E-state index contributed by atoms with van der Waals surface area (Å²) in [5.74, 6) is -7.65. The minimum absolute atomic E-state index is 0.209. The molecule has 0 aromatic rings. The van der Waals surface area contributed by atoms with Gasteiger partial charge in [0.25, 0.3) is 0 Å².